The number of aryl methyl sites for hydroxylation is 1. The van der Waals surface area contributed by atoms with E-state index in [4.69, 9.17) is 4.74 Å². The number of aliphatic hydroxyl groups is 1. The summed E-state index contributed by atoms with van der Waals surface area (Å²) < 4.78 is 63.7. The first-order valence-electron chi connectivity index (χ1n) is 12.5. The van der Waals surface area contributed by atoms with Crippen LogP contribution in [0.2, 0.25) is 0 Å². The van der Waals surface area contributed by atoms with Gasteiger partial charge in [0.15, 0.2) is 5.03 Å². The first kappa shape index (κ1) is 30.0. The van der Waals surface area contributed by atoms with Crippen molar-refractivity contribution in [1.29, 1.82) is 0 Å². The Hall–Kier alpha value is -2.98. The Morgan fingerprint density at radius 1 is 1.27 bits per heavy atom. The van der Waals surface area contributed by atoms with Gasteiger partial charge in [0.1, 0.15) is 16.1 Å². The number of anilines is 1. The Labute approximate surface area is 238 Å². The number of likely N-dealkylation sites (N-methyl/N-ethyl adjacent to an activating group) is 1. The molecule has 4 rings (SSSR count). The molecular weight excluding hydrogens is 579 g/mol. The highest BCUT2D eigenvalue weighted by Crippen LogP contribution is 2.31. The Morgan fingerprint density at radius 3 is 2.65 bits per heavy atom. The number of fused-ring (bicyclic) bond motifs is 1. The second kappa shape index (κ2) is 11.9. The van der Waals surface area contributed by atoms with Crippen molar-refractivity contribution in [1.82, 2.24) is 18.8 Å². The van der Waals surface area contributed by atoms with Crippen molar-refractivity contribution in [2.24, 2.45) is 13.0 Å². The highest BCUT2D eigenvalue weighted by atomic mass is 32.2. The van der Waals surface area contributed by atoms with E-state index in [1.165, 1.54) is 36.0 Å². The first-order valence-corrected chi connectivity index (χ1v) is 16.3. The smallest absolute Gasteiger partial charge is 0.271 e. The zero-order valence-corrected chi connectivity index (χ0v) is 25.0. The van der Waals surface area contributed by atoms with Gasteiger partial charge < -0.3 is 19.3 Å². The molecule has 15 heteroatoms. The van der Waals surface area contributed by atoms with Gasteiger partial charge in [-0.25, -0.2) is 21.8 Å². The van der Waals surface area contributed by atoms with Crippen LogP contribution in [0, 0.1) is 5.92 Å². The highest BCUT2D eigenvalue weighted by Gasteiger charge is 2.34. The van der Waals surface area contributed by atoms with Gasteiger partial charge in [-0.05, 0) is 36.6 Å². The molecule has 1 amide bonds. The maximum atomic E-state index is 13.4. The number of carbonyl (C=O) groups excluding carboxylic acids is 1. The number of carbonyl (C=O) groups is 1. The monoisotopic (exact) mass is 611 g/mol. The van der Waals surface area contributed by atoms with Gasteiger partial charge in [-0.15, -0.1) is 11.3 Å². The summed E-state index contributed by atoms with van der Waals surface area (Å²) in [6, 6.07) is 7.30. The van der Waals surface area contributed by atoms with Crippen LogP contribution in [0.25, 0.3) is 0 Å². The van der Waals surface area contributed by atoms with Crippen molar-refractivity contribution in [2.75, 3.05) is 31.5 Å². The van der Waals surface area contributed by atoms with Crippen LogP contribution in [0.4, 0.5) is 5.69 Å². The van der Waals surface area contributed by atoms with E-state index in [9.17, 15) is 26.7 Å². The van der Waals surface area contributed by atoms with Gasteiger partial charge in [0.25, 0.3) is 20.0 Å². The molecule has 2 aromatic heterocycles. The van der Waals surface area contributed by atoms with E-state index in [1.807, 2.05) is 6.92 Å². The van der Waals surface area contributed by atoms with Crippen molar-refractivity contribution < 1.29 is 31.5 Å². The molecule has 0 bridgehead atoms. The molecule has 12 nitrogen and oxygen atoms in total. The number of nitrogens with zero attached hydrogens (tertiary/aromatic N) is 4. The van der Waals surface area contributed by atoms with Crippen molar-refractivity contribution in [3.8, 4) is 5.75 Å². The summed E-state index contributed by atoms with van der Waals surface area (Å²) in [4.78, 5) is 18.9. The van der Waals surface area contributed by atoms with Crippen LogP contribution in [0.15, 0.2) is 57.5 Å². The van der Waals surface area contributed by atoms with E-state index in [1.54, 1.807) is 47.0 Å². The van der Waals surface area contributed by atoms with E-state index < -0.39 is 32.2 Å². The summed E-state index contributed by atoms with van der Waals surface area (Å²) in [7, 11) is -4.62. The number of aliphatic hydroxyl groups excluding tert-OH is 1. The minimum Gasteiger partial charge on any atom is -0.488 e. The lowest BCUT2D eigenvalue weighted by Gasteiger charge is -2.33. The molecular formula is C25H33N5O7S3. The lowest BCUT2D eigenvalue weighted by atomic mass is 10.0. The lowest BCUT2D eigenvalue weighted by Crippen LogP contribution is -2.48. The number of hydrogen-bond donors (Lipinski definition) is 2. The number of aromatic nitrogens is 2. The van der Waals surface area contributed by atoms with Gasteiger partial charge in [0.2, 0.25) is 5.91 Å². The van der Waals surface area contributed by atoms with Crippen molar-refractivity contribution in [3.63, 3.8) is 0 Å². The van der Waals surface area contributed by atoms with E-state index in [2.05, 4.69) is 9.71 Å². The molecule has 1 aromatic carbocycles. The van der Waals surface area contributed by atoms with E-state index >= 15 is 0 Å². The molecule has 3 aromatic rings. The minimum atomic E-state index is -3.92. The summed E-state index contributed by atoms with van der Waals surface area (Å²) in [6.45, 7) is 3.50. The number of imidazole rings is 1. The van der Waals surface area contributed by atoms with Crippen LogP contribution >= 0.6 is 11.3 Å². The number of hydrogen-bond acceptors (Lipinski definition) is 9. The summed E-state index contributed by atoms with van der Waals surface area (Å²) >= 11 is 1.08. The van der Waals surface area contributed by atoms with E-state index in [0.717, 1.165) is 11.3 Å². The molecule has 0 aliphatic carbocycles. The summed E-state index contributed by atoms with van der Waals surface area (Å²) in [5, 5.41) is 11.4. The van der Waals surface area contributed by atoms with E-state index in [-0.39, 0.29) is 52.9 Å². The van der Waals surface area contributed by atoms with Crippen LogP contribution in [0.3, 0.4) is 0 Å². The molecule has 40 heavy (non-hydrogen) atoms. The van der Waals surface area contributed by atoms with E-state index in [0.29, 0.717) is 11.3 Å². The Bertz CT molecular complexity index is 1550. The van der Waals surface area contributed by atoms with Crippen molar-refractivity contribution in [3.05, 3.63) is 53.8 Å². The Kier molecular flexibility index (Phi) is 8.89. The van der Waals surface area contributed by atoms with Gasteiger partial charge >= 0.3 is 0 Å². The van der Waals surface area contributed by atoms with Gasteiger partial charge in [0.05, 0.1) is 31.9 Å². The predicted octanol–water partition coefficient (Wildman–Crippen LogP) is 1.75. The normalized spacial score (nSPS) is 19.4. The minimum absolute atomic E-state index is 0.0399. The molecule has 1 aliphatic heterocycles. The highest BCUT2D eigenvalue weighted by molar-refractivity contribution is 7.94. The molecule has 218 valence electrons. The van der Waals surface area contributed by atoms with Crippen molar-refractivity contribution in [2.45, 2.75) is 41.6 Å². The van der Waals surface area contributed by atoms with Gasteiger partial charge in [0, 0.05) is 44.0 Å². The fourth-order valence-corrected chi connectivity index (χ4v) is 7.55. The number of rotatable bonds is 9. The van der Waals surface area contributed by atoms with Gasteiger partial charge in [-0.3, -0.25) is 9.52 Å². The Balaban J connectivity index is 1.68. The SMILES string of the molecule is C[C@@H]1CN([C@H](C)CO)C(=O)Cc2cc(NS(=O)(=O)c3cccs3)ccc2O[C@@H]1CN(C)S(=O)(=O)c1cn(C)cn1. The Morgan fingerprint density at radius 2 is 2.02 bits per heavy atom. The van der Waals surface area contributed by atoms with Crippen LogP contribution < -0.4 is 9.46 Å². The third kappa shape index (κ3) is 6.49. The van der Waals surface area contributed by atoms with Crippen molar-refractivity contribution >= 4 is 43.0 Å². The molecule has 0 spiro atoms. The average molecular weight is 612 g/mol. The molecule has 0 saturated heterocycles. The zero-order valence-electron chi connectivity index (χ0n) is 22.6. The molecule has 3 atom stereocenters. The second-order valence-electron chi connectivity index (χ2n) is 9.91. The third-order valence-corrected chi connectivity index (χ3v) is 11.2. The fraction of sp³-hybridized carbons (Fsp3) is 0.440. The topological polar surface area (TPSA) is 151 Å². The maximum Gasteiger partial charge on any atom is 0.271 e. The number of amides is 1. The first-order chi connectivity index (χ1) is 18.8. The fourth-order valence-electron chi connectivity index (χ4n) is 4.37. The van der Waals surface area contributed by atoms with Crippen LogP contribution in [-0.4, -0.2) is 85.5 Å². The summed E-state index contributed by atoms with van der Waals surface area (Å²) in [5.41, 5.74) is 0.685. The number of thiophene rings is 1. The number of ether oxygens (including phenoxy) is 1. The van der Waals surface area contributed by atoms with Crippen LogP contribution in [-0.2, 0) is 38.3 Å². The van der Waals surface area contributed by atoms with Gasteiger partial charge in [-0.2, -0.15) is 4.31 Å². The molecule has 1 aliphatic rings. The summed E-state index contributed by atoms with van der Waals surface area (Å²) in [6.07, 6.45) is 2.03. The quantitative estimate of drug-likeness (QED) is 0.372. The second-order valence-corrected chi connectivity index (χ2v) is 14.8. The molecule has 3 heterocycles. The zero-order chi connectivity index (χ0) is 29.2. The maximum absolute atomic E-state index is 13.4. The largest absolute Gasteiger partial charge is 0.488 e. The van der Waals surface area contributed by atoms with Crippen LogP contribution in [0.5, 0.6) is 5.75 Å². The van der Waals surface area contributed by atoms with Crippen LogP contribution in [0.1, 0.15) is 19.4 Å². The molecule has 0 saturated carbocycles. The lowest BCUT2D eigenvalue weighted by molar-refractivity contribution is -0.134. The molecule has 0 radical (unpaired) electrons. The third-order valence-electron chi connectivity index (χ3n) is 6.72. The standard InChI is InChI=1S/C25H33N5O7S3/c1-17-12-30(18(2)15-31)24(32)11-19-10-20(27-39(33,34)25-6-5-9-38-25)7-8-21(19)37-22(17)13-29(4)40(35,36)23-14-28(3)16-26-23/h5-10,14,16-18,22,27,31H,11-13,15H2,1-4H3/t17-,18-,22-/m1/s1. The molecule has 2 N–H and O–H groups in total. The molecule has 0 unspecified atom stereocenters. The van der Waals surface area contributed by atoms with Gasteiger partial charge in [-0.1, -0.05) is 13.0 Å². The predicted molar refractivity (Wildman–Crippen MR) is 150 cm³/mol. The number of sulfonamides is 2. The number of benzene rings is 1. The number of nitrogens with one attached hydrogen (secondary N) is 1. The summed E-state index contributed by atoms with van der Waals surface area (Å²) in [5.74, 6) is -0.264. The average Bonchev–Trinajstić information content (AvgIpc) is 3.60. The molecule has 0 fully saturated rings.